The Morgan fingerprint density at radius 1 is 1.29 bits per heavy atom. The minimum atomic E-state index is -0.654. The van der Waals surface area contributed by atoms with Gasteiger partial charge in [0.05, 0.1) is 16.7 Å². The molecule has 1 aliphatic rings. The summed E-state index contributed by atoms with van der Waals surface area (Å²) in [6, 6.07) is 9.42. The molecule has 8 nitrogen and oxygen atoms in total. The Labute approximate surface area is 233 Å². The Morgan fingerprint density at radius 3 is 2.79 bits per heavy atom. The number of rotatable bonds is 11. The van der Waals surface area contributed by atoms with Crippen molar-refractivity contribution in [1.29, 1.82) is 0 Å². The van der Waals surface area contributed by atoms with Crippen molar-refractivity contribution in [3.63, 3.8) is 0 Å². The number of benzene rings is 2. The van der Waals surface area contributed by atoms with Gasteiger partial charge in [-0.2, -0.15) is 4.98 Å². The fourth-order valence-corrected chi connectivity index (χ4v) is 5.15. The summed E-state index contributed by atoms with van der Waals surface area (Å²) in [5.74, 6) is 1.31. The van der Waals surface area contributed by atoms with Gasteiger partial charge in [-0.1, -0.05) is 49.5 Å². The Balaban J connectivity index is 1.79. The number of nitrogens with zero attached hydrogens (tertiary/aromatic N) is 3. The maximum absolute atomic E-state index is 14.2. The van der Waals surface area contributed by atoms with Crippen LogP contribution in [0.15, 0.2) is 70.0 Å². The van der Waals surface area contributed by atoms with Crippen LogP contribution in [0.1, 0.15) is 37.9 Å². The SMILES string of the molecule is C=CCOC(=O)C1=C(C)Nc2nc(SCC)nn2C1c1cc(Br)c(OCc2ccccc2F)c(OCC)c1. The number of fused-ring (bicyclic) bond motifs is 1. The van der Waals surface area contributed by atoms with Crippen LogP contribution in [0.25, 0.3) is 0 Å². The first-order chi connectivity index (χ1) is 18.4. The first-order valence-electron chi connectivity index (χ1n) is 12.0. The molecule has 1 N–H and O–H groups in total. The number of carbonyl (C=O) groups excluding carboxylic acids is 1. The number of anilines is 1. The largest absolute Gasteiger partial charge is 0.490 e. The average Bonchev–Trinajstić information content (AvgIpc) is 3.29. The molecule has 0 spiro atoms. The Hall–Kier alpha value is -3.31. The topological polar surface area (TPSA) is 87.5 Å². The lowest BCUT2D eigenvalue weighted by molar-refractivity contribution is -0.138. The van der Waals surface area contributed by atoms with Crippen molar-refractivity contribution in [2.24, 2.45) is 0 Å². The van der Waals surface area contributed by atoms with E-state index in [0.717, 1.165) is 5.75 Å². The molecule has 4 rings (SSSR count). The van der Waals surface area contributed by atoms with Gasteiger partial charge in [0.2, 0.25) is 11.1 Å². The molecule has 1 unspecified atom stereocenters. The average molecular weight is 604 g/mol. The molecule has 3 aromatic rings. The van der Waals surface area contributed by atoms with Crippen LogP contribution in [-0.2, 0) is 16.1 Å². The summed E-state index contributed by atoms with van der Waals surface area (Å²) in [4.78, 5) is 17.8. The zero-order valence-electron chi connectivity index (χ0n) is 21.3. The number of hydrogen-bond acceptors (Lipinski definition) is 8. The van der Waals surface area contributed by atoms with Crippen molar-refractivity contribution in [3.05, 3.63) is 81.7 Å². The molecule has 0 bridgehead atoms. The molecule has 1 atom stereocenters. The van der Waals surface area contributed by atoms with Crippen molar-refractivity contribution in [1.82, 2.24) is 14.8 Å². The van der Waals surface area contributed by atoms with Crippen LogP contribution < -0.4 is 14.8 Å². The second kappa shape index (κ2) is 12.5. The number of esters is 1. The number of hydrogen-bond donors (Lipinski definition) is 1. The lowest BCUT2D eigenvalue weighted by Crippen LogP contribution is -2.29. The minimum Gasteiger partial charge on any atom is -0.490 e. The first kappa shape index (κ1) is 27.7. The highest BCUT2D eigenvalue weighted by atomic mass is 79.9. The molecule has 0 saturated heterocycles. The van der Waals surface area contributed by atoms with Crippen LogP contribution >= 0.6 is 27.7 Å². The first-order valence-corrected chi connectivity index (χ1v) is 13.8. The Morgan fingerprint density at radius 2 is 2.08 bits per heavy atom. The molecule has 0 radical (unpaired) electrons. The summed E-state index contributed by atoms with van der Waals surface area (Å²) in [5.41, 5.74) is 2.10. The third kappa shape index (κ3) is 5.88. The smallest absolute Gasteiger partial charge is 0.338 e. The Bertz CT molecular complexity index is 1380. The Kier molecular flexibility index (Phi) is 9.11. The predicted molar refractivity (Wildman–Crippen MR) is 148 cm³/mol. The van der Waals surface area contributed by atoms with E-state index in [-0.39, 0.29) is 19.0 Å². The van der Waals surface area contributed by atoms with Crippen LogP contribution in [0.3, 0.4) is 0 Å². The molecule has 0 aliphatic carbocycles. The summed E-state index contributed by atoms with van der Waals surface area (Å²) in [6.07, 6.45) is 1.52. The number of thioether (sulfide) groups is 1. The van der Waals surface area contributed by atoms with Gasteiger partial charge in [-0.3, -0.25) is 0 Å². The van der Waals surface area contributed by atoms with Gasteiger partial charge in [-0.25, -0.2) is 13.9 Å². The van der Waals surface area contributed by atoms with Gasteiger partial charge in [-0.05, 0) is 59.3 Å². The highest BCUT2D eigenvalue weighted by molar-refractivity contribution is 9.10. The third-order valence-electron chi connectivity index (χ3n) is 5.64. The molecule has 0 fully saturated rings. The number of aromatic nitrogens is 3. The zero-order valence-corrected chi connectivity index (χ0v) is 23.7. The number of carbonyl (C=O) groups is 1. The van der Waals surface area contributed by atoms with E-state index >= 15 is 0 Å². The molecule has 0 saturated carbocycles. The third-order valence-corrected chi connectivity index (χ3v) is 6.94. The van der Waals surface area contributed by atoms with Crippen LogP contribution in [0.2, 0.25) is 0 Å². The summed E-state index contributed by atoms with van der Waals surface area (Å²) in [6.45, 7) is 9.76. The van der Waals surface area contributed by atoms with Crippen LogP contribution in [0, 0.1) is 5.82 Å². The molecular formula is C27H28BrFN4O4S. The molecule has 0 amide bonds. The standard InChI is InChI=1S/C27H28BrFN4O4S/c1-5-12-36-25(34)22-16(4)30-26-31-27(38-7-3)32-33(26)23(22)18-13-19(28)24(21(14-18)35-6-2)37-15-17-10-8-9-11-20(17)29/h5,8-11,13-14,23H,1,6-7,12,15H2,2-4H3,(H,30,31,32). The van der Waals surface area contributed by atoms with Crippen molar-refractivity contribution < 1.29 is 23.4 Å². The fraction of sp³-hybridized carbons (Fsp3) is 0.296. The monoisotopic (exact) mass is 602 g/mol. The highest BCUT2D eigenvalue weighted by Crippen LogP contribution is 2.43. The van der Waals surface area contributed by atoms with E-state index in [4.69, 9.17) is 14.2 Å². The number of allylic oxidation sites excluding steroid dienone is 1. The summed E-state index contributed by atoms with van der Waals surface area (Å²) < 4.78 is 33.8. The number of nitrogens with one attached hydrogen (secondary N) is 1. The van der Waals surface area contributed by atoms with Gasteiger partial charge in [-0.15, -0.1) is 5.10 Å². The molecule has 1 aromatic heterocycles. The molecule has 38 heavy (non-hydrogen) atoms. The zero-order chi connectivity index (χ0) is 27.2. The predicted octanol–water partition coefficient (Wildman–Crippen LogP) is 6.29. The van der Waals surface area contributed by atoms with E-state index in [0.29, 0.717) is 56.1 Å². The second-order valence-corrected chi connectivity index (χ2v) is 10.3. The molecule has 1 aliphatic heterocycles. The van der Waals surface area contributed by atoms with Crippen molar-refractivity contribution in [2.75, 3.05) is 24.3 Å². The van der Waals surface area contributed by atoms with Crippen LogP contribution in [0.5, 0.6) is 11.5 Å². The van der Waals surface area contributed by atoms with Crippen molar-refractivity contribution in [3.8, 4) is 11.5 Å². The van der Waals surface area contributed by atoms with Gasteiger partial charge < -0.3 is 19.5 Å². The lowest BCUT2D eigenvalue weighted by Gasteiger charge is -2.29. The summed E-state index contributed by atoms with van der Waals surface area (Å²) >= 11 is 5.10. The van der Waals surface area contributed by atoms with Crippen LogP contribution in [-0.4, -0.2) is 39.7 Å². The van der Waals surface area contributed by atoms with E-state index in [1.54, 1.807) is 35.9 Å². The number of ether oxygens (including phenoxy) is 3. The van der Waals surface area contributed by atoms with Gasteiger partial charge >= 0.3 is 5.97 Å². The molecule has 11 heteroatoms. The maximum Gasteiger partial charge on any atom is 0.338 e. The summed E-state index contributed by atoms with van der Waals surface area (Å²) in [5, 5.41) is 8.44. The van der Waals surface area contributed by atoms with Gasteiger partial charge in [0.15, 0.2) is 11.5 Å². The second-order valence-electron chi connectivity index (χ2n) is 8.19. The van der Waals surface area contributed by atoms with Gasteiger partial charge in [0.25, 0.3) is 0 Å². The van der Waals surface area contributed by atoms with E-state index < -0.39 is 12.0 Å². The van der Waals surface area contributed by atoms with E-state index in [1.165, 1.54) is 23.9 Å². The van der Waals surface area contributed by atoms with Crippen LogP contribution in [0.4, 0.5) is 10.3 Å². The van der Waals surface area contributed by atoms with E-state index in [9.17, 15) is 9.18 Å². The van der Waals surface area contributed by atoms with E-state index in [2.05, 4.69) is 37.9 Å². The van der Waals surface area contributed by atoms with E-state index in [1.807, 2.05) is 19.9 Å². The van der Waals surface area contributed by atoms with Gasteiger partial charge in [0.1, 0.15) is 25.1 Å². The normalized spacial score (nSPS) is 14.5. The lowest BCUT2D eigenvalue weighted by atomic mass is 9.95. The van der Waals surface area contributed by atoms with Crippen molar-refractivity contribution >= 4 is 39.6 Å². The minimum absolute atomic E-state index is 0.0149. The van der Waals surface area contributed by atoms with Gasteiger partial charge in [0, 0.05) is 11.3 Å². The molecular weight excluding hydrogens is 575 g/mol. The highest BCUT2D eigenvalue weighted by Gasteiger charge is 2.36. The molecule has 200 valence electrons. The maximum atomic E-state index is 14.2. The molecule has 2 heterocycles. The fourth-order valence-electron chi connectivity index (χ4n) is 4.02. The number of halogens is 2. The van der Waals surface area contributed by atoms with Crippen molar-refractivity contribution in [2.45, 2.75) is 38.6 Å². The molecule has 2 aromatic carbocycles. The quantitative estimate of drug-likeness (QED) is 0.156. The summed E-state index contributed by atoms with van der Waals surface area (Å²) in [7, 11) is 0.